The Morgan fingerprint density at radius 1 is 1.33 bits per heavy atom. The number of carboxylic acid groups (broad SMARTS) is 1. The molecule has 5 heteroatoms. The van der Waals surface area contributed by atoms with E-state index in [2.05, 4.69) is 0 Å². The van der Waals surface area contributed by atoms with E-state index in [1.54, 1.807) is 36.2 Å². The standard InChI is InChI=1S/C16H21NO4/c1-16(8-3-9-21-11-16)15(20)17(2)10-12-4-6-13(7-5-12)14(18)19/h4-7H,3,8-11H2,1-2H3,(H,18,19). The molecule has 0 bridgehead atoms. The first-order valence-electron chi connectivity index (χ1n) is 7.08. The van der Waals surface area contributed by atoms with Crippen LogP contribution in [0.25, 0.3) is 0 Å². The Morgan fingerprint density at radius 2 is 2.00 bits per heavy atom. The van der Waals surface area contributed by atoms with Crippen LogP contribution in [-0.2, 0) is 16.1 Å². The van der Waals surface area contributed by atoms with E-state index in [0.717, 1.165) is 25.0 Å². The molecule has 1 aromatic rings. The summed E-state index contributed by atoms with van der Waals surface area (Å²) in [6.45, 7) is 3.60. The van der Waals surface area contributed by atoms with Gasteiger partial charge in [0.05, 0.1) is 17.6 Å². The van der Waals surface area contributed by atoms with E-state index >= 15 is 0 Å². The largest absolute Gasteiger partial charge is 0.478 e. The highest BCUT2D eigenvalue weighted by Gasteiger charge is 2.37. The van der Waals surface area contributed by atoms with Gasteiger partial charge in [0.2, 0.25) is 5.91 Å². The van der Waals surface area contributed by atoms with Crippen LogP contribution in [0, 0.1) is 5.41 Å². The Balaban J connectivity index is 2.01. The van der Waals surface area contributed by atoms with E-state index in [9.17, 15) is 9.59 Å². The molecular formula is C16H21NO4. The summed E-state index contributed by atoms with van der Waals surface area (Å²) >= 11 is 0. The number of carbonyl (C=O) groups is 2. The van der Waals surface area contributed by atoms with Crippen LogP contribution in [0.1, 0.15) is 35.7 Å². The molecule has 0 aromatic heterocycles. The summed E-state index contributed by atoms with van der Waals surface area (Å²) < 4.78 is 5.44. The molecule has 21 heavy (non-hydrogen) atoms. The lowest BCUT2D eigenvalue weighted by molar-refractivity contribution is -0.147. The van der Waals surface area contributed by atoms with Crippen molar-refractivity contribution in [2.75, 3.05) is 20.3 Å². The number of ether oxygens (including phenoxy) is 1. The van der Waals surface area contributed by atoms with Gasteiger partial charge in [-0.3, -0.25) is 4.79 Å². The maximum absolute atomic E-state index is 12.6. The van der Waals surface area contributed by atoms with Crippen molar-refractivity contribution >= 4 is 11.9 Å². The zero-order chi connectivity index (χ0) is 15.5. The summed E-state index contributed by atoms with van der Waals surface area (Å²) in [6, 6.07) is 6.60. The maximum atomic E-state index is 12.6. The highest BCUT2D eigenvalue weighted by Crippen LogP contribution is 2.30. The van der Waals surface area contributed by atoms with Crippen molar-refractivity contribution in [2.24, 2.45) is 5.41 Å². The SMILES string of the molecule is CN(Cc1ccc(C(=O)O)cc1)C(=O)C1(C)CCCOC1. The van der Waals surface area contributed by atoms with Gasteiger partial charge in [0.25, 0.3) is 0 Å². The van der Waals surface area contributed by atoms with Crippen LogP contribution in [0.3, 0.4) is 0 Å². The van der Waals surface area contributed by atoms with Gasteiger partial charge in [0, 0.05) is 20.2 Å². The van der Waals surface area contributed by atoms with E-state index in [4.69, 9.17) is 9.84 Å². The number of benzene rings is 1. The van der Waals surface area contributed by atoms with Crippen molar-refractivity contribution in [1.29, 1.82) is 0 Å². The summed E-state index contributed by atoms with van der Waals surface area (Å²) in [4.78, 5) is 25.0. The highest BCUT2D eigenvalue weighted by molar-refractivity contribution is 5.87. The second kappa shape index (κ2) is 6.26. The Bertz CT molecular complexity index is 518. The minimum absolute atomic E-state index is 0.0736. The predicted octanol–water partition coefficient (Wildman–Crippen LogP) is 2.16. The zero-order valence-corrected chi connectivity index (χ0v) is 12.5. The van der Waals surface area contributed by atoms with Crippen LogP contribution in [0.4, 0.5) is 0 Å². The second-order valence-electron chi connectivity index (χ2n) is 5.88. The quantitative estimate of drug-likeness (QED) is 0.923. The lowest BCUT2D eigenvalue weighted by atomic mass is 9.83. The number of nitrogens with zero attached hydrogens (tertiary/aromatic N) is 1. The molecule has 1 amide bonds. The fourth-order valence-electron chi connectivity index (χ4n) is 2.66. The second-order valence-corrected chi connectivity index (χ2v) is 5.88. The lowest BCUT2D eigenvalue weighted by Gasteiger charge is -2.35. The van der Waals surface area contributed by atoms with Gasteiger partial charge in [0.15, 0.2) is 0 Å². The number of carboxylic acids is 1. The molecule has 114 valence electrons. The van der Waals surface area contributed by atoms with E-state index in [1.807, 2.05) is 6.92 Å². The number of rotatable bonds is 4. The molecule has 1 atom stereocenters. The number of carbonyl (C=O) groups excluding carboxylic acids is 1. The molecule has 1 N–H and O–H groups in total. The van der Waals surface area contributed by atoms with E-state index in [0.29, 0.717) is 13.2 Å². The van der Waals surface area contributed by atoms with Crippen molar-refractivity contribution in [3.63, 3.8) is 0 Å². The molecule has 1 saturated heterocycles. The van der Waals surface area contributed by atoms with Gasteiger partial charge in [-0.25, -0.2) is 4.79 Å². The first kappa shape index (κ1) is 15.5. The maximum Gasteiger partial charge on any atom is 0.335 e. The summed E-state index contributed by atoms with van der Waals surface area (Å²) in [7, 11) is 1.77. The molecule has 1 unspecified atom stereocenters. The molecule has 0 spiro atoms. The lowest BCUT2D eigenvalue weighted by Crippen LogP contribution is -2.44. The zero-order valence-electron chi connectivity index (χ0n) is 12.5. The normalized spacial score (nSPS) is 21.8. The number of aromatic carboxylic acids is 1. The molecule has 1 aliphatic rings. The Labute approximate surface area is 124 Å². The van der Waals surface area contributed by atoms with Gasteiger partial charge >= 0.3 is 5.97 Å². The smallest absolute Gasteiger partial charge is 0.335 e. The topological polar surface area (TPSA) is 66.8 Å². The van der Waals surface area contributed by atoms with Gasteiger partial charge < -0.3 is 14.7 Å². The van der Waals surface area contributed by atoms with Crippen molar-refractivity contribution in [3.05, 3.63) is 35.4 Å². The average Bonchev–Trinajstić information content (AvgIpc) is 2.47. The highest BCUT2D eigenvalue weighted by atomic mass is 16.5. The number of amides is 1. The third-order valence-electron chi connectivity index (χ3n) is 3.92. The van der Waals surface area contributed by atoms with Gasteiger partial charge in [-0.15, -0.1) is 0 Å². The van der Waals surface area contributed by atoms with Gasteiger partial charge in [-0.2, -0.15) is 0 Å². The molecule has 0 radical (unpaired) electrons. The first-order valence-corrected chi connectivity index (χ1v) is 7.08. The third kappa shape index (κ3) is 3.61. The summed E-state index contributed by atoms with van der Waals surface area (Å²) in [5.41, 5.74) is 0.713. The fourth-order valence-corrected chi connectivity index (χ4v) is 2.66. The molecular weight excluding hydrogens is 270 g/mol. The van der Waals surface area contributed by atoms with Crippen LogP contribution >= 0.6 is 0 Å². The van der Waals surface area contributed by atoms with Crippen molar-refractivity contribution in [1.82, 2.24) is 4.90 Å². The van der Waals surface area contributed by atoms with Crippen molar-refractivity contribution in [3.8, 4) is 0 Å². The predicted molar refractivity (Wildman–Crippen MR) is 78.0 cm³/mol. The van der Waals surface area contributed by atoms with Crippen molar-refractivity contribution < 1.29 is 19.4 Å². The molecule has 1 aliphatic heterocycles. The Hall–Kier alpha value is -1.88. The molecule has 0 saturated carbocycles. The van der Waals surface area contributed by atoms with Crippen LogP contribution in [-0.4, -0.2) is 42.1 Å². The summed E-state index contributed by atoms with van der Waals surface area (Å²) in [5.74, 6) is -0.873. The molecule has 1 fully saturated rings. The first-order chi connectivity index (χ1) is 9.92. The fraction of sp³-hybridized carbons (Fsp3) is 0.500. The summed E-state index contributed by atoms with van der Waals surface area (Å²) in [5, 5.41) is 8.87. The van der Waals surface area contributed by atoms with Crippen molar-refractivity contribution in [2.45, 2.75) is 26.3 Å². The monoisotopic (exact) mass is 291 g/mol. The van der Waals surface area contributed by atoms with Gasteiger partial charge in [-0.05, 0) is 37.5 Å². The van der Waals surface area contributed by atoms with E-state index < -0.39 is 11.4 Å². The van der Waals surface area contributed by atoms with E-state index in [-0.39, 0.29) is 11.5 Å². The number of hydrogen-bond donors (Lipinski definition) is 1. The average molecular weight is 291 g/mol. The Morgan fingerprint density at radius 3 is 2.52 bits per heavy atom. The van der Waals surface area contributed by atoms with Crippen LogP contribution < -0.4 is 0 Å². The Kier molecular flexibility index (Phi) is 4.63. The number of hydrogen-bond acceptors (Lipinski definition) is 3. The third-order valence-corrected chi connectivity index (χ3v) is 3.92. The molecule has 1 heterocycles. The minimum Gasteiger partial charge on any atom is -0.478 e. The van der Waals surface area contributed by atoms with E-state index in [1.165, 1.54) is 0 Å². The van der Waals surface area contributed by atoms with Crippen LogP contribution in [0.2, 0.25) is 0 Å². The molecule has 1 aromatic carbocycles. The molecule has 5 nitrogen and oxygen atoms in total. The van der Waals surface area contributed by atoms with Gasteiger partial charge in [0.1, 0.15) is 0 Å². The summed E-state index contributed by atoms with van der Waals surface area (Å²) in [6.07, 6.45) is 1.75. The van der Waals surface area contributed by atoms with Crippen LogP contribution in [0.15, 0.2) is 24.3 Å². The van der Waals surface area contributed by atoms with Crippen LogP contribution in [0.5, 0.6) is 0 Å². The van der Waals surface area contributed by atoms with Gasteiger partial charge in [-0.1, -0.05) is 12.1 Å². The molecule has 2 rings (SSSR count). The molecule has 0 aliphatic carbocycles. The minimum atomic E-state index is -0.946.